The van der Waals surface area contributed by atoms with Gasteiger partial charge in [-0.3, -0.25) is 4.99 Å². The Kier molecular flexibility index (Phi) is 4.24. The normalized spacial score (nSPS) is 9.92. The van der Waals surface area contributed by atoms with Gasteiger partial charge in [-0.15, -0.1) is 0 Å². The molecule has 0 saturated heterocycles. The topological polar surface area (TPSA) is 12.4 Å². The highest BCUT2D eigenvalue weighted by Crippen LogP contribution is 2.13. The van der Waals surface area contributed by atoms with Crippen molar-refractivity contribution in [3.63, 3.8) is 0 Å². The molecular weight excluding hydrogens is 158 g/mol. The van der Waals surface area contributed by atoms with E-state index in [9.17, 15) is 0 Å². The second-order valence-corrected chi connectivity index (χ2v) is 3.28. The summed E-state index contributed by atoms with van der Waals surface area (Å²) in [4.78, 5) is 3.86. The molecule has 1 nitrogen and oxygen atoms in total. The molecule has 0 N–H and O–H groups in total. The van der Waals surface area contributed by atoms with Crippen molar-refractivity contribution in [1.29, 1.82) is 0 Å². The molecule has 0 aliphatic carbocycles. The van der Waals surface area contributed by atoms with E-state index < -0.39 is 0 Å². The fourth-order valence-corrected chi connectivity index (χ4v) is 1.35. The Morgan fingerprint density at radius 1 is 1.15 bits per heavy atom. The summed E-state index contributed by atoms with van der Waals surface area (Å²) in [5.74, 6) is 0. The van der Waals surface area contributed by atoms with Gasteiger partial charge in [0.15, 0.2) is 0 Å². The summed E-state index contributed by atoms with van der Waals surface area (Å²) in [7, 11) is 0. The van der Waals surface area contributed by atoms with Crippen molar-refractivity contribution in [3.05, 3.63) is 29.8 Å². The average molecular weight is 175 g/mol. The van der Waals surface area contributed by atoms with Gasteiger partial charge in [0.05, 0.1) is 5.69 Å². The third-order valence-corrected chi connectivity index (χ3v) is 2.19. The molecule has 0 radical (unpaired) electrons. The number of hydrogen-bond acceptors (Lipinski definition) is 1. The number of aryl methyl sites for hydroxylation is 1. The van der Waals surface area contributed by atoms with Gasteiger partial charge in [0.2, 0.25) is 0 Å². The SMILES string of the molecule is C=Nc1ccc(CCCCC)cc1. The third-order valence-electron chi connectivity index (χ3n) is 2.19. The van der Waals surface area contributed by atoms with E-state index in [1.54, 1.807) is 0 Å². The summed E-state index contributed by atoms with van der Waals surface area (Å²) in [6.07, 6.45) is 5.08. The standard InChI is InChI=1S/C12H17N/c1-3-4-5-6-11-7-9-12(13-2)10-8-11/h7-10H,2-6H2,1H3. The van der Waals surface area contributed by atoms with Crippen LogP contribution in [-0.2, 0) is 6.42 Å². The lowest BCUT2D eigenvalue weighted by Crippen LogP contribution is -1.83. The van der Waals surface area contributed by atoms with Gasteiger partial charge < -0.3 is 0 Å². The number of unbranched alkanes of at least 4 members (excludes halogenated alkanes) is 2. The lowest BCUT2D eigenvalue weighted by molar-refractivity contribution is 0.717. The molecule has 0 aliphatic heterocycles. The van der Waals surface area contributed by atoms with Gasteiger partial charge in [0.25, 0.3) is 0 Å². The summed E-state index contributed by atoms with van der Waals surface area (Å²) in [6, 6.07) is 8.32. The van der Waals surface area contributed by atoms with Crippen molar-refractivity contribution >= 4 is 12.4 Å². The van der Waals surface area contributed by atoms with Crippen LogP contribution in [-0.4, -0.2) is 6.72 Å². The van der Waals surface area contributed by atoms with E-state index in [4.69, 9.17) is 0 Å². The second-order valence-electron chi connectivity index (χ2n) is 3.28. The first-order valence-corrected chi connectivity index (χ1v) is 4.92. The first-order valence-electron chi connectivity index (χ1n) is 4.92. The Morgan fingerprint density at radius 3 is 2.38 bits per heavy atom. The molecule has 1 rings (SSSR count). The maximum Gasteiger partial charge on any atom is 0.0622 e. The van der Waals surface area contributed by atoms with Gasteiger partial charge in [0, 0.05) is 0 Å². The number of rotatable bonds is 5. The molecule has 0 saturated carbocycles. The zero-order valence-corrected chi connectivity index (χ0v) is 8.29. The monoisotopic (exact) mass is 175 g/mol. The molecule has 0 amide bonds. The van der Waals surface area contributed by atoms with E-state index in [-0.39, 0.29) is 0 Å². The maximum atomic E-state index is 3.86. The molecule has 70 valence electrons. The van der Waals surface area contributed by atoms with E-state index in [2.05, 4.69) is 30.8 Å². The van der Waals surface area contributed by atoms with Crippen LogP contribution in [0.25, 0.3) is 0 Å². The Labute approximate surface area is 80.5 Å². The summed E-state index contributed by atoms with van der Waals surface area (Å²) in [6.45, 7) is 5.71. The van der Waals surface area contributed by atoms with Crippen molar-refractivity contribution in [2.24, 2.45) is 4.99 Å². The predicted molar refractivity (Wildman–Crippen MR) is 58.9 cm³/mol. The highest BCUT2D eigenvalue weighted by molar-refractivity contribution is 5.45. The fourth-order valence-electron chi connectivity index (χ4n) is 1.35. The Balaban J connectivity index is 2.44. The van der Waals surface area contributed by atoms with E-state index in [1.807, 2.05) is 12.1 Å². The molecular formula is C12H17N. The fraction of sp³-hybridized carbons (Fsp3) is 0.417. The predicted octanol–water partition coefficient (Wildman–Crippen LogP) is 3.75. The van der Waals surface area contributed by atoms with Crippen LogP contribution in [0, 0.1) is 0 Å². The van der Waals surface area contributed by atoms with Crippen molar-refractivity contribution in [2.75, 3.05) is 0 Å². The molecule has 0 aromatic heterocycles. The Morgan fingerprint density at radius 2 is 1.85 bits per heavy atom. The smallest absolute Gasteiger partial charge is 0.0622 e. The summed E-state index contributed by atoms with van der Waals surface area (Å²) >= 11 is 0. The largest absolute Gasteiger partial charge is 0.265 e. The Hall–Kier alpha value is -1.11. The van der Waals surface area contributed by atoms with Gasteiger partial charge in [-0.2, -0.15) is 0 Å². The average Bonchev–Trinajstić information content (AvgIpc) is 2.19. The molecule has 0 aliphatic rings. The van der Waals surface area contributed by atoms with Crippen LogP contribution in [0.4, 0.5) is 5.69 Å². The molecule has 0 heterocycles. The van der Waals surface area contributed by atoms with Gasteiger partial charge in [0.1, 0.15) is 0 Å². The van der Waals surface area contributed by atoms with Gasteiger partial charge >= 0.3 is 0 Å². The minimum Gasteiger partial charge on any atom is -0.265 e. The molecule has 1 aromatic rings. The molecule has 0 bridgehead atoms. The maximum absolute atomic E-state index is 3.86. The van der Waals surface area contributed by atoms with Crippen LogP contribution in [0.2, 0.25) is 0 Å². The molecule has 0 unspecified atom stereocenters. The first kappa shape index (κ1) is 9.97. The molecule has 1 aromatic carbocycles. The Bertz CT molecular complexity index is 248. The van der Waals surface area contributed by atoms with Gasteiger partial charge in [-0.05, 0) is 37.3 Å². The van der Waals surface area contributed by atoms with Crippen LogP contribution in [0.3, 0.4) is 0 Å². The van der Waals surface area contributed by atoms with E-state index in [1.165, 1.54) is 31.2 Å². The third kappa shape index (κ3) is 3.41. The number of nitrogens with zero attached hydrogens (tertiary/aromatic N) is 1. The van der Waals surface area contributed by atoms with E-state index in [0.717, 1.165) is 5.69 Å². The summed E-state index contributed by atoms with van der Waals surface area (Å²) < 4.78 is 0. The quantitative estimate of drug-likeness (QED) is 0.477. The summed E-state index contributed by atoms with van der Waals surface area (Å²) in [5.41, 5.74) is 2.36. The lowest BCUT2D eigenvalue weighted by Gasteiger charge is -2.00. The van der Waals surface area contributed by atoms with Crippen LogP contribution >= 0.6 is 0 Å². The highest BCUT2D eigenvalue weighted by Gasteiger charge is 1.92. The van der Waals surface area contributed by atoms with E-state index in [0.29, 0.717) is 0 Å². The number of hydrogen-bond donors (Lipinski definition) is 0. The molecule has 0 fully saturated rings. The first-order chi connectivity index (χ1) is 6.36. The van der Waals surface area contributed by atoms with Crippen LogP contribution in [0.15, 0.2) is 29.3 Å². The second kappa shape index (κ2) is 5.52. The lowest BCUT2D eigenvalue weighted by atomic mass is 10.1. The summed E-state index contributed by atoms with van der Waals surface area (Å²) in [5, 5.41) is 0. The van der Waals surface area contributed by atoms with Crippen molar-refractivity contribution < 1.29 is 0 Å². The van der Waals surface area contributed by atoms with Gasteiger partial charge in [-0.25, -0.2) is 0 Å². The van der Waals surface area contributed by atoms with E-state index >= 15 is 0 Å². The molecule has 1 heteroatoms. The van der Waals surface area contributed by atoms with Crippen molar-refractivity contribution in [3.8, 4) is 0 Å². The molecule has 13 heavy (non-hydrogen) atoms. The van der Waals surface area contributed by atoms with Crippen LogP contribution < -0.4 is 0 Å². The van der Waals surface area contributed by atoms with Gasteiger partial charge in [-0.1, -0.05) is 31.9 Å². The number of aliphatic imine (C=N–C) groups is 1. The molecule has 0 spiro atoms. The van der Waals surface area contributed by atoms with Crippen molar-refractivity contribution in [1.82, 2.24) is 0 Å². The van der Waals surface area contributed by atoms with Crippen LogP contribution in [0.1, 0.15) is 31.7 Å². The zero-order chi connectivity index (χ0) is 9.52. The highest BCUT2D eigenvalue weighted by atomic mass is 14.7. The minimum atomic E-state index is 0.958. The number of benzene rings is 1. The van der Waals surface area contributed by atoms with Crippen LogP contribution in [0.5, 0.6) is 0 Å². The molecule has 0 atom stereocenters. The van der Waals surface area contributed by atoms with Crippen molar-refractivity contribution in [2.45, 2.75) is 32.6 Å². The minimum absolute atomic E-state index is 0.958. The zero-order valence-electron chi connectivity index (χ0n) is 8.29.